The molecule has 1 N–H and O–H groups in total. The highest BCUT2D eigenvalue weighted by atomic mass is 16.2. The fourth-order valence-electron chi connectivity index (χ4n) is 5.37. The monoisotopic (exact) mass is 501 g/mol. The molecule has 6 heteroatoms. The number of para-hydroxylation sites is 1. The second-order valence-corrected chi connectivity index (χ2v) is 9.89. The molecule has 2 amide bonds. The Balaban J connectivity index is 1.55. The van der Waals surface area contributed by atoms with Crippen molar-refractivity contribution in [3.8, 4) is 11.5 Å². The second-order valence-electron chi connectivity index (χ2n) is 9.89. The smallest absolute Gasteiger partial charge is 0.308 e. The number of carbonyl (C=O) groups excluding carboxylic acids is 1. The zero-order chi connectivity index (χ0) is 26.2. The SMILES string of the molecule is CCc1nn(-c2ccccc2)c2c1CN(C(=O)Nc1ccc(C)cc1)[C@H](c1cccc(C)c1)c1cccn1-2. The minimum absolute atomic E-state index is 0.143. The average Bonchev–Trinajstić information content (AvgIpc) is 3.51. The number of aryl methyl sites for hydroxylation is 3. The van der Waals surface area contributed by atoms with Crippen molar-refractivity contribution in [1.29, 1.82) is 0 Å². The van der Waals surface area contributed by atoms with Crippen molar-refractivity contribution in [3.05, 3.63) is 131 Å². The Labute approximate surface area is 223 Å². The van der Waals surface area contributed by atoms with Gasteiger partial charge in [-0.2, -0.15) is 5.10 Å². The van der Waals surface area contributed by atoms with Crippen LogP contribution in [-0.2, 0) is 13.0 Å². The number of nitrogens with one attached hydrogen (secondary N) is 1. The lowest BCUT2D eigenvalue weighted by Gasteiger charge is -2.31. The summed E-state index contributed by atoms with van der Waals surface area (Å²) in [7, 11) is 0. The lowest BCUT2D eigenvalue weighted by Crippen LogP contribution is -2.38. The number of nitrogens with zero attached hydrogens (tertiary/aromatic N) is 4. The third-order valence-corrected chi connectivity index (χ3v) is 7.23. The first-order valence-corrected chi connectivity index (χ1v) is 13.1. The van der Waals surface area contributed by atoms with Crippen LogP contribution in [0.5, 0.6) is 0 Å². The highest BCUT2D eigenvalue weighted by molar-refractivity contribution is 5.90. The van der Waals surface area contributed by atoms with Gasteiger partial charge in [0.25, 0.3) is 0 Å². The summed E-state index contributed by atoms with van der Waals surface area (Å²) in [5.74, 6) is 0.983. The molecule has 6 nitrogen and oxygen atoms in total. The zero-order valence-electron chi connectivity index (χ0n) is 21.9. The minimum atomic E-state index is -0.281. The van der Waals surface area contributed by atoms with Gasteiger partial charge >= 0.3 is 6.03 Å². The molecule has 3 heterocycles. The van der Waals surface area contributed by atoms with E-state index in [9.17, 15) is 4.79 Å². The summed E-state index contributed by atoms with van der Waals surface area (Å²) in [5.41, 5.74) is 8.22. The van der Waals surface area contributed by atoms with E-state index < -0.39 is 0 Å². The highest BCUT2D eigenvalue weighted by Gasteiger charge is 2.36. The Hall–Kier alpha value is -4.58. The first-order valence-electron chi connectivity index (χ1n) is 13.1. The van der Waals surface area contributed by atoms with Gasteiger partial charge in [-0.3, -0.25) is 0 Å². The van der Waals surface area contributed by atoms with Crippen molar-refractivity contribution >= 4 is 11.7 Å². The van der Waals surface area contributed by atoms with Gasteiger partial charge in [-0.1, -0.05) is 72.6 Å². The number of benzene rings is 3. The lowest BCUT2D eigenvalue weighted by atomic mass is 10.00. The molecule has 0 unspecified atom stereocenters. The number of aromatic nitrogens is 3. The summed E-state index contributed by atoms with van der Waals surface area (Å²) in [6, 6.07) is 30.3. The lowest BCUT2D eigenvalue weighted by molar-refractivity contribution is 0.194. The molecular weight excluding hydrogens is 470 g/mol. The van der Waals surface area contributed by atoms with Crippen molar-refractivity contribution in [2.75, 3.05) is 5.32 Å². The van der Waals surface area contributed by atoms with E-state index in [1.54, 1.807) is 0 Å². The molecule has 3 aromatic carbocycles. The van der Waals surface area contributed by atoms with Crippen LogP contribution in [0.4, 0.5) is 10.5 Å². The molecular formula is C32H31N5O. The molecule has 0 saturated carbocycles. The van der Waals surface area contributed by atoms with E-state index in [2.05, 4.69) is 78.5 Å². The molecule has 0 radical (unpaired) electrons. The maximum Gasteiger partial charge on any atom is 0.322 e. The predicted molar refractivity (Wildman–Crippen MR) is 151 cm³/mol. The van der Waals surface area contributed by atoms with Crippen molar-refractivity contribution in [2.45, 2.75) is 39.8 Å². The molecule has 5 aromatic rings. The van der Waals surface area contributed by atoms with Crippen LogP contribution in [0.3, 0.4) is 0 Å². The minimum Gasteiger partial charge on any atom is -0.308 e. The van der Waals surface area contributed by atoms with Crippen LogP contribution in [0, 0.1) is 13.8 Å². The topological polar surface area (TPSA) is 55.1 Å². The third-order valence-electron chi connectivity index (χ3n) is 7.23. The van der Waals surface area contributed by atoms with Crippen LogP contribution >= 0.6 is 0 Å². The number of rotatable bonds is 4. The zero-order valence-corrected chi connectivity index (χ0v) is 21.9. The molecule has 1 aliphatic heterocycles. The van der Waals surface area contributed by atoms with Crippen molar-refractivity contribution < 1.29 is 4.79 Å². The van der Waals surface area contributed by atoms with Gasteiger partial charge in [-0.15, -0.1) is 0 Å². The average molecular weight is 502 g/mol. The number of amides is 2. The van der Waals surface area contributed by atoms with Crippen molar-refractivity contribution in [1.82, 2.24) is 19.2 Å². The van der Waals surface area contributed by atoms with Gasteiger partial charge in [0.1, 0.15) is 5.82 Å². The van der Waals surface area contributed by atoms with Crippen molar-refractivity contribution in [2.24, 2.45) is 0 Å². The maximum absolute atomic E-state index is 14.1. The van der Waals surface area contributed by atoms with E-state index in [1.807, 2.05) is 59.0 Å². The molecule has 0 spiro atoms. The number of anilines is 1. The van der Waals surface area contributed by atoms with Crippen LogP contribution in [-0.4, -0.2) is 25.3 Å². The fraction of sp³-hybridized carbons (Fsp3) is 0.188. The Morgan fingerprint density at radius 2 is 1.71 bits per heavy atom. The number of carbonyl (C=O) groups is 1. The molecule has 190 valence electrons. The van der Waals surface area contributed by atoms with E-state index in [0.29, 0.717) is 6.54 Å². The number of urea groups is 1. The predicted octanol–water partition coefficient (Wildman–Crippen LogP) is 6.98. The van der Waals surface area contributed by atoms with E-state index in [0.717, 1.165) is 57.3 Å². The van der Waals surface area contributed by atoms with Gasteiger partial charge in [0.2, 0.25) is 0 Å². The Bertz CT molecular complexity index is 1600. The van der Waals surface area contributed by atoms with Gasteiger partial charge in [0.05, 0.1) is 29.7 Å². The molecule has 0 aliphatic carbocycles. The fourth-order valence-corrected chi connectivity index (χ4v) is 5.37. The maximum atomic E-state index is 14.1. The van der Waals surface area contributed by atoms with Crippen LogP contribution in [0.25, 0.3) is 11.5 Å². The largest absolute Gasteiger partial charge is 0.322 e. The van der Waals surface area contributed by atoms with Crippen LogP contribution in [0.1, 0.15) is 46.6 Å². The summed E-state index contributed by atoms with van der Waals surface area (Å²) >= 11 is 0. The molecule has 0 fully saturated rings. The summed E-state index contributed by atoms with van der Waals surface area (Å²) in [6.45, 7) is 6.69. The van der Waals surface area contributed by atoms with Crippen LogP contribution in [0.15, 0.2) is 97.2 Å². The van der Waals surface area contributed by atoms with Gasteiger partial charge in [-0.05, 0) is 62.2 Å². The summed E-state index contributed by atoms with van der Waals surface area (Å²) < 4.78 is 4.23. The number of fused-ring (bicyclic) bond motifs is 3. The molecule has 38 heavy (non-hydrogen) atoms. The van der Waals surface area contributed by atoms with Crippen LogP contribution < -0.4 is 5.32 Å². The molecule has 0 saturated heterocycles. The Morgan fingerprint density at radius 3 is 2.45 bits per heavy atom. The third kappa shape index (κ3) is 4.18. The quantitative estimate of drug-likeness (QED) is 0.289. The van der Waals surface area contributed by atoms with E-state index in [-0.39, 0.29) is 12.1 Å². The molecule has 1 atom stereocenters. The van der Waals surface area contributed by atoms with E-state index in [4.69, 9.17) is 5.10 Å². The summed E-state index contributed by atoms with van der Waals surface area (Å²) in [4.78, 5) is 16.0. The summed E-state index contributed by atoms with van der Waals surface area (Å²) in [6.07, 6.45) is 2.85. The number of hydrogen-bond acceptors (Lipinski definition) is 2. The normalized spacial score (nSPS) is 14.5. The standard InChI is InChI=1S/C32H31N5O/c1-4-28-27-21-36(32(38)33-25-17-15-22(2)16-18-25)30(24-11-8-10-23(3)20-24)29-14-9-19-35(29)31(27)37(34-28)26-12-6-5-7-13-26/h5-20,30H,4,21H2,1-3H3,(H,33,38)/t30-/m1/s1. The molecule has 0 bridgehead atoms. The first kappa shape index (κ1) is 23.8. The highest BCUT2D eigenvalue weighted by Crippen LogP contribution is 2.39. The van der Waals surface area contributed by atoms with Gasteiger partial charge in [-0.25, -0.2) is 9.48 Å². The van der Waals surface area contributed by atoms with Gasteiger partial charge < -0.3 is 14.8 Å². The van der Waals surface area contributed by atoms with Gasteiger partial charge in [0, 0.05) is 17.4 Å². The first-order chi connectivity index (χ1) is 18.5. The second kappa shape index (κ2) is 9.71. The Morgan fingerprint density at radius 1 is 0.921 bits per heavy atom. The van der Waals surface area contributed by atoms with Gasteiger partial charge in [0.15, 0.2) is 0 Å². The molecule has 6 rings (SSSR count). The summed E-state index contributed by atoms with van der Waals surface area (Å²) in [5, 5.41) is 8.20. The molecule has 2 aromatic heterocycles. The molecule has 1 aliphatic rings. The Kier molecular flexibility index (Phi) is 6.08. The van der Waals surface area contributed by atoms with E-state index in [1.165, 1.54) is 0 Å². The van der Waals surface area contributed by atoms with Crippen LogP contribution in [0.2, 0.25) is 0 Å². The van der Waals surface area contributed by atoms with E-state index >= 15 is 0 Å². The number of hydrogen-bond donors (Lipinski definition) is 1. The van der Waals surface area contributed by atoms with Crippen molar-refractivity contribution in [3.63, 3.8) is 0 Å².